The average Bonchev–Trinajstić information content (AvgIpc) is 2.83. The van der Waals surface area contributed by atoms with E-state index in [4.69, 9.17) is 0 Å². The lowest BCUT2D eigenvalue weighted by Crippen LogP contribution is -2.03. The lowest BCUT2D eigenvalue weighted by Gasteiger charge is -2.06. The number of benzene rings is 1. The maximum absolute atomic E-state index is 12.2. The Morgan fingerprint density at radius 2 is 2.15 bits per heavy atom. The summed E-state index contributed by atoms with van der Waals surface area (Å²) in [6, 6.07) is 6.26. The van der Waals surface area contributed by atoms with Crippen LogP contribution >= 0.6 is 0 Å². The largest absolute Gasteiger partial charge is 0.434 e. The van der Waals surface area contributed by atoms with Crippen molar-refractivity contribution in [2.75, 3.05) is 0 Å². The molecule has 2 rings (SSSR count). The van der Waals surface area contributed by atoms with Crippen LogP contribution in [0.25, 0.3) is 6.08 Å². The predicted octanol–water partition coefficient (Wildman–Crippen LogP) is 2.92. The molecular formula is C14H12F2N2O2. The van der Waals surface area contributed by atoms with Gasteiger partial charge in [0.25, 0.3) is 0 Å². The van der Waals surface area contributed by atoms with Gasteiger partial charge in [0.1, 0.15) is 5.75 Å². The maximum atomic E-state index is 12.2. The van der Waals surface area contributed by atoms with Crippen molar-refractivity contribution in [1.29, 1.82) is 0 Å². The van der Waals surface area contributed by atoms with E-state index in [-0.39, 0.29) is 11.5 Å². The number of hydrogen-bond donors (Lipinski definition) is 0. The normalized spacial score (nSPS) is 11.2. The van der Waals surface area contributed by atoms with Crippen LogP contribution in [0.15, 0.2) is 42.7 Å². The first-order valence-electron chi connectivity index (χ1n) is 5.81. The van der Waals surface area contributed by atoms with E-state index in [2.05, 4.69) is 9.84 Å². The smallest absolute Gasteiger partial charge is 0.387 e. The summed E-state index contributed by atoms with van der Waals surface area (Å²) in [4.78, 5) is 11.8. The van der Waals surface area contributed by atoms with Crippen molar-refractivity contribution < 1.29 is 18.3 Å². The number of aromatic nitrogens is 2. The molecule has 0 aliphatic carbocycles. The van der Waals surface area contributed by atoms with E-state index in [1.165, 1.54) is 29.1 Å². The molecule has 0 atom stereocenters. The minimum absolute atomic E-state index is 0.0257. The molecule has 1 heterocycles. The van der Waals surface area contributed by atoms with Crippen LogP contribution in [0.2, 0.25) is 0 Å². The van der Waals surface area contributed by atoms with Gasteiger partial charge in [-0.1, -0.05) is 18.2 Å². The van der Waals surface area contributed by atoms with Crippen molar-refractivity contribution in [3.05, 3.63) is 53.9 Å². The molecule has 0 fully saturated rings. The van der Waals surface area contributed by atoms with Gasteiger partial charge in [-0.15, -0.1) is 0 Å². The van der Waals surface area contributed by atoms with Crippen molar-refractivity contribution in [2.24, 2.45) is 7.05 Å². The molecule has 0 aliphatic rings. The second-order valence-electron chi connectivity index (χ2n) is 4.02. The predicted molar refractivity (Wildman–Crippen MR) is 69.6 cm³/mol. The van der Waals surface area contributed by atoms with Crippen molar-refractivity contribution >= 4 is 11.9 Å². The highest BCUT2D eigenvalue weighted by atomic mass is 19.3. The Morgan fingerprint density at radius 1 is 1.40 bits per heavy atom. The third-order valence-electron chi connectivity index (χ3n) is 2.54. The van der Waals surface area contributed by atoms with Gasteiger partial charge in [-0.3, -0.25) is 9.48 Å². The van der Waals surface area contributed by atoms with E-state index >= 15 is 0 Å². The molecule has 0 spiro atoms. The summed E-state index contributed by atoms with van der Waals surface area (Å²) in [6.07, 6.45) is 5.75. The highest BCUT2D eigenvalue weighted by Gasteiger charge is 2.08. The minimum atomic E-state index is -2.90. The Morgan fingerprint density at radius 3 is 2.80 bits per heavy atom. The Hall–Kier alpha value is -2.50. The Balaban J connectivity index is 2.17. The number of ether oxygens (including phenoxy) is 1. The lowest BCUT2D eigenvalue weighted by molar-refractivity contribution is -0.0499. The summed E-state index contributed by atoms with van der Waals surface area (Å²) >= 11 is 0. The number of halogens is 2. The van der Waals surface area contributed by atoms with Crippen LogP contribution in [0.4, 0.5) is 8.78 Å². The Bertz CT molecular complexity index is 636. The third kappa shape index (κ3) is 3.50. The van der Waals surface area contributed by atoms with Gasteiger partial charge in [-0.2, -0.15) is 13.9 Å². The van der Waals surface area contributed by atoms with Crippen molar-refractivity contribution in [2.45, 2.75) is 6.61 Å². The molecule has 0 amide bonds. The quantitative estimate of drug-likeness (QED) is 0.624. The highest BCUT2D eigenvalue weighted by Crippen LogP contribution is 2.21. The first-order valence-corrected chi connectivity index (χ1v) is 5.81. The molecule has 20 heavy (non-hydrogen) atoms. The molecule has 0 N–H and O–H groups in total. The average molecular weight is 278 g/mol. The minimum Gasteiger partial charge on any atom is -0.434 e. The summed E-state index contributed by atoms with van der Waals surface area (Å²) in [7, 11) is 1.70. The molecule has 0 bridgehead atoms. The van der Waals surface area contributed by atoms with E-state index in [1.54, 1.807) is 31.4 Å². The van der Waals surface area contributed by atoms with Gasteiger partial charge in [0, 0.05) is 18.8 Å². The molecule has 2 aromatic rings. The second-order valence-corrected chi connectivity index (χ2v) is 4.02. The van der Waals surface area contributed by atoms with Gasteiger partial charge < -0.3 is 4.74 Å². The number of carbonyl (C=O) groups excluding carboxylic acids is 1. The summed E-state index contributed by atoms with van der Waals surface area (Å²) < 4.78 is 30.4. The Labute approximate surface area is 114 Å². The monoisotopic (exact) mass is 278 g/mol. The van der Waals surface area contributed by atoms with Crippen LogP contribution in [-0.4, -0.2) is 22.2 Å². The molecule has 0 saturated heterocycles. The maximum Gasteiger partial charge on any atom is 0.387 e. The fraction of sp³-hybridized carbons (Fsp3) is 0.143. The molecule has 1 aromatic carbocycles. The summed E-state index contributed by atoms with van der Waals surface area (Å²) in [5.41, 5.74) is 0.834. The van der Waals surface area contributed by atoms with Gasteiger partial charge in [0.2, 0.25) is 0 Å². The van der Waals surface area contributed by atoms with Gasteiger partial charge in [-0.05, 0) is 18.2 Å². The van der Waals surface area contributed by atoms with Crippen molar-refractivity contribution in [1.82, 2.24) is 9.78 Å². The molecule has 104 valence electrons. The third-order valence-corrected chi connectivity index (χ3v) is 2.54. The number of hydrogen-bond acceptors (Lipinski definition) is 3. The number of allylic oxidation sites excluding steroid dienone is 1. The van der Waals surface area contributed by atoms with Gasteiger partial charge in [-0.25, -0.2) is 0 Å². The molecule has 0 unspecified atom stereocenters. The number of para-hydroxylation sites is 1. The van der Waals surface area contributed by atoms with Crippen LogP contribution in [0.5, 0.6) is 5.75 Å². The zero-order chi connectivity index (χ0) is 14.5. The van der Waals surface area contributed by atoms with E-state index in [9.17, 15) is 13.6 Å². The summed E-state index contributed by atoms with van der Waals surface area (Å²) in [5, 5.41) is 3.89. The number of rotatable bonds is 5. The number of aryl methyl sites for hydroxylation is 1. The fourth-order valence-corrected chi connectivity index (χ4v) is 1.63. The van der Waals surface area contributed by atoms with Crippen molar-refractivity contribution in [3.8, 4) is 5.75 Å². The van der Waals surface area contributed by atoms with Crippen LogP contribution in [0.3, 0.4) is 0 Å². The molecule has 0 aliphatic heterocycles. The second kappa shape index (κ2) is 6.10. The zero-order valence-corrected chi connectivity index (χ0v) is 10.7. The van der Waals surface area contributed by atoms with E-state index in [0.717, 1.165) is 0 Å². The fourth-order valence-electron chi connectivity index (χ4n) is 1.63. The van der Waals surface area contributed by atoms with Gasteiger partial charge >= 0.3 is 6.61 Å². The molecule has 0 saturated carbocycles. The van der Waals surface area contributed by atoms with E-state index < -0.39 is 6.61 Å². The number of alkyl halides is 2. The molecular weight excluding hydrogens is 266 g/mol. The molecule has 6 heteroatoms. The first-order chi connectivity index (χ1) is 9.56. The van der Waals surface area contributed by atoms with Crippen LogP contribution in [0, 0.1) is 0 Å². The summed E-state index contributed by atoms with van der Waals surface area (Å²) in [6.45, 7) is -2.90. The standard InChI is InChI=1S/C14H12F2N2O2/c1-18-9-11(8-17-18)12(19)7-6-10-4-2-3-5-13(10)20-14(15)16/h2-9,14H,1H3/b7-6+. The highest BCUT2D eigenvalue weighted by molar-refractivity contribution is 6.06. The zero-order valence-electron chi connectivity index (χ0n) is 10.7. The van der Waals surface area contributed by atoms with Gasteiger partial charge in [0.05, 0.1) is 11.8 Å². The van der Waals surface area contributed by atoms with Crippen LogP contribution < -0.4 is 4.74 Å². The Kier molecular flexibility index (Phi) is 4.24. The number of ketones is 1. The molecule has 1 aromatic heterocycles. The number of carbonyl (C=O) groups is 1. The molecule has 4 nitrogen and oxygen atoms in total. The van der Waals surface area contributed by atoms with Crippen LogP contribution in [-0.2, 0) is 7.05 Å². The molecule has 0 radical (unpaired) electrons. The number of nitrogens with zero attached hydrogens (tertiary/aromatic N) is 2. The van der Waals surface area contributed by atoms with E-state index in [1.807, 2.05) is 0 Å². The van der Waals surface area contributed by atoms with E-state index in [0.29, 0.717) is 11.1 Å². The van der Waals surface area contributed by atoms with Gasteiger partial charge in [0.15, 0.2) is 5.78 Å². The van der Waals surface area contributed by atoms with Crippen molar-refractivity contribution in [3.63, 3.8) is 0 Å². The van der Waals surface area contributed by atoms with Crippen LogP contribution in [0.1, 0.15) is 15.9 Å². The summed E-state index contributed by atoms with van der Waals surface area (Å²) in [5.74, 6) is -0.234. The lowest BCUT2D eigenvalue weighted by atomic mass is 10.1. The SMILES string of the molecule is Cn1cc(C(=O)/C=C/c2ccccc2OC(F)F)cn1. The first kappa shape index (κ1) is 13.9. The topological polar surface area (TPSA) is 44.1 Å².